The number of hydrogen-bond donors (Lipinski definition) is 2. The number of aliphatic hydroxyl groups is 1. The Labute approximate surface area is 83.9 Å². The van der Waals surface area contributed by atoms with Gasteiger partial charge in [-0.15, -0.1) is 0 Å². The van der Waals surface area contributed by atoms with Crippen molar-refractivity contribution in [2.45, 2.75) is 19.9 Å². The van der Waals surface area contributed by atoms with Crippen molar-refractivity contribution in [1.82, 2.24) is 15.1 Å². The highest BCUT2D eigenvalue weighted by Gasteiger charge is 2.21. The molecule has 2 heterocycles. The van der Waals surface area contributed by atoms with Crippen LogP contribution in [0.2, 0.25) is 0 Å². The molecular formula is C10H17N3O. The molecule has 4 nitrogen and oxygen atoms in total. The van der Waals surface area contributed by atoms with Crippen LogP contribution in [0.4, 0.5) is 0 Å². The lowest BCUT2D eigenvalue weighted by Gasteiger charge is -2.13. The van der Waals surface area contributed by atoms with Crippen LogP contribution < -0.4 is 0 Å². The molecule has 1 atom stereocenters. The van der Waals surface area contributed by atoms with Crippen molar-refractivity contribution in [2.24, 2.45) is 5.92 Å². The van der Waals surface area contributed by atoms with Crippen LogP contribution >= 0.6 is 0 Å². The highest BCUT2D eigenvalue weighted by Crippen LogP contribution is 2.17. The largest absolute Gasteiger partial charge is 0.396 e. The van der Waals surface area contributed by atoms with Crippen molar-refractivity contribution in [1.29, 1.82) is 0 Å². The molecule has 0 aromatic carbocycles. The molecule has 1 aromatic heterocycles. The van der Waals surface area contributed by atoms with Gasteiger partial charge in [-0.2, -0.15) is 5.10 Å². The van der Waals surface area contributed by atoms with Crippen molar-refractivity contribution in [2.75, 3.05) is 19.7 Å². The normalized spacial score (nSPS) is 23.1. The molecule has 1 unspecified atom stereocenters. The molecule has 1 saturated heterocycles. The van der Waals surface area contributed by atoms with Gasteiger partial charge in [-0.1, -0.05) is 0 Å². The summed E-state index contributed by atoms with van der Waals surface area (Å²) in [7, 11) is 0. The quantitative estimate of drug-likeness (QED) is 0.740. The van der Waals surface area contributed by atoms with Crippen LogP contribution in [0.5, 0.6) is 0 Å². The maximum atomic E-state index is 9.01. The summed E-state index contributed by atoms with van der Waals surface area (Å²) in [5.41, 5.74) is 2.21. The van der Waals surface area contributed by atoms with Gasteiger partial charge in [0.15, 0.2) is 0 Å². The van der Waals surface area contributed by atoms with E-state index in [1.54, 1.807) is 0 Å². The highest BCUT2D eigenvalue weighted by molar-refractivity contribution is 5.06. The second kappa shape index (κ2) is 4.11. The molecule has 78 valence electrons. The van der Waals surface area contributed by atoms with Gasteiger partial charge in [-0.25, -0.2) is 0 Å². The summed E-state index contributed by atoms with van der Waals surface area (Å²) in [5.74, 6) is 0.468. The summed E-state index contributed by atoms with van der Waals surface area (Å²) in [6, 6.07) is 2.08. The minimum Gasteiger partial charge on any atom is -0.396 e. The predicted molar refractivity (Wildman–Crippen MR) is 53.8 cm³/mol. The molecule has 1 fully saturated rings. The number of aliphatic hydroxyl groups excluding tert-OH is 1. The Hall–Kier alpha value is -0.870. The Balaban J connectivity index is 1.87. The summed E-state index contributed by atoms with van der Waals surface area (Å²) in [4.78, 5) is 2.34. The smallest absolute Gasteiger partial charge is 0.0765 e. The zero-order valence-corrected chi connectivity index (χ0v) is 8.53. The topological polar surface area (TPSA) is 52.1 Å². The summed E-state index contributed by atoms with van der Waals surface area (Å²) >= 11 is 0. The molecule has 0 spiro atoms. The van der Waals surface area contributed by atoms with Crippen LogP contribution in [0.3, 0.4) is 0 Å². The summed E-state index contributed by atoms with van der Waals surface area (Å²) < 4.78 is 0. The number of nitrogens with zero attached hydrogens (tertiary/aromatic N) is 2. The van der Waals surface area contributed by atoms with E-state index >= 15 is 0 Å². The van der Waals surface area contributed by atoms with Crippen molar-refractivity contribution in [3.05, 3.63) is 17.5 Å². The van der Waals surface area contributed by atoms with Crippen molar-refractivity contribution >= 4 is 0 Å². The number of aryl methyl sites for hydroxylation is 1. The lowest BCUT2D eigenvalue weighted by Crippen LogP contribution is -2.21. The lowest BCUT2D eigenvalue weighted by atomic mass is 10.1. The van der Waals surface area contributed by atoms with Crippen LogP contribution in [0.1, 0.15) is 17.8 Å². The average molecular weight is 195 g/mol. The Morgan fingerprint density at radius 1 is 1.71 bits per heavy atom. The van der Waals surface area contributed by atoms with Gasteiger partial charge in [0.05, 0.1) is 5.69 Å². The first-order chi connectivity index (χ1) is 6.78. The van der Waals surface area contributed by atoms with E-state index in [9.17, 15) is 0 Å². The van der Waals surface area contributed by atoms with Crippen LogP contribution in [-0.2, 0) is 6.54 Å². The third-order valence-electron chi connectivity index (χ3n) is 2.77. The molecule has 1 aromatic rings. The number of likely N-dealkylation sites (tertiary alicyclic amines) is 1. The Bertz CT molecular complexity index is 297. The van der Waals surface area contributed by atoms with Gasteiger partial charge in [0.2, 0.25) is 0 Å². The van der Waals surface area contributed by atoms with E-state index in [0.717, 1.165) is 37.4 Å². The van der Waals surface area contributed by atoms with Crippen molar-refractivity contribution in [3.8, 4) is 0 Å². The molecule has 2 N–H and O–H groups in total. The first-order valence-electron chi connectivity index (χ1n) is 5.12. The fourth-order valence-electron chi connectivity index (χ4n) is 1.99. The molecule has 14 heavy (non-hydrogen) atoms. The second-order valence-electron chi connectivity index (χ2n) is 4.11. The Morgan fingerprint density at radius 2 is 2.57 bits per heavy atom. The number of nitrogens with one attached hydrogen (secondary N) is 1. The van der Waals surface area contributed by atoms with Crippen LogP contribution in [0.15, 0.2) is 6.07 Å². The van der Waals surface area contributed by atoms with Gasteiger partial charge < -0.3 is 5.11 Å². The molecule has 2 rings (SSSR count). The first-order valence-corrected chi connectivity index (χ1v) is 5.12. The van der Waals surface area contributed by atoms with E-state index in [4.69, 9.17) is 5.11 Å². The molecule has 0 aliphatic carbocycles. The van der Waals surface area contributed by atoms with Crippen LogP contribution in [0.25, 0.3) is 0 Å². The molecule has 0 radical (unpaired) electrons. The number of aromatic amines is 1. The monoisotopic (exact) mass is 195 g/mol. The van der Waals surface area contributed by atoms with E-state index in [1.807, 2.05) is 6.92 Å². The summed E-state index contributed by atoms with van der Waals surface area (Å²) in [6.07, 6.45) is 1.11. The molecular weight excluding hydrogens is 178 g/mol. The maximum absolute atomic E-state index is 9.01. The Morgan fingerprint density at radius 3 is 3.14 bits per heavy atom. The van der Waals surface area contributed by atoms with E-state index in [1.165, 1.54) is 0 Å². The van der Waals surface area contributed by atoms with Gasteiger partial charge in [0.25, 0.3) is 0 Å². The molecule has 0 bridgehead atoms. The van der Waals surface area contributed by atoms with Crippen LogP contribution in [0, 0.1) is 12.8 Å². The molecule has 1 aliphatic heterocycles. The molecule has 4 heteroatoms. The van der Waals surface area contributed by atoms with E-state index in [-0.39, 0.29) is 0 Å². The first kappa shape index (κ1) is 9.68. The summed E-state index contributed by atoms with van der Waals surface area (Å²) in [6.45, 7) is 5.31. The standard InChI is InChI=1S/C10H17N3O/c1-8-4-10(12-11-8)6-13-3-2-9(5-13)7-14/h4,9,14H,2-3,5-7H2,1H3,(H,11,12). The molecule has 0 amide bonds. The van der Waals surface area contributed by atoms with Crippen LogP contribution in [-0.4, -0.2) is 39.9 Å². The van der Waals surface area contributed by atoms with Crippen molar-refractivity contribution < 1.29 is 5.11 Å². The van der Waals surface area contributed by atoms with Gasteiger partial charge in [-0.05, 0) is 31.9 Å². The molecule has 0 saturated carbocycles. The SMILES string of the molecule is Cc1cc(CN2CCC(CO)C2)n[nH]1. The van der Waals surface area contributed by atoms with E-state index < -0.39 is 0 Å². The fourth-order valence-corrected chi connectivity index (χ4v) is 1.99. The average Bonchev–Trinajstić information content (AvgIpc) is 2.76. The highest BCUT2D eigenvalue weighted by atomic mass is 16.3. The fraction of sp³-hybridized carbons (Fsp3) is 0.700. The summed E-state index contributed by atoms with van der Waals surface area (Å²) in [5, 5.41) is 16.1. The number of hydrogen-bond acceptors (Lipinski definition) is 3. The number of H-pyrrole nitrogens is 1. The van der Waals surface area contributed by atoms with Gasteiger partial charge in [0.1, 0.15) is 0 Å². The van der Waals surface area contributed by atoms with Crippen molar-refractivity contribution in [3.63, 3.8) is 0 Å². The second-order valence-corrected chi connectivity index (χ2v) is 4.11. The lowest BCUT2D eigenvalue weighted by molar-refractivity contribution is 0.219. The number of rotatable bonds is 3. The zero-order valence-electron chi connectivity index (χ0n) is 8.53. The zero-order chi connectivity index (χ0) is 9.97. The Kier molecular flexibility index (Phi) is 2.84. The number of aromatic nitrogens is 2. The minimum atomic E-state index is 0.316. The van der Waals surface area contributed by atoms with E-state index in [0.29, 0.717) is 12.5 Å². The predicted octanol–water partition coefficient (Wildman–Crippen LogP) is 0.532. The van der Waals surface area contributed by atoms with Gasteiger partial charge >= 0.3 is 0 Å². The van der Waals surface area contributed by atoms with Gasteiger partial charge in [-0.3, -0.25) is 10.00 Å². The third kappa shape index (κ3) is 2.13. The maximum Gasteiger partial charge on any atom is 0.0765 e. The third-order valence-corrected chi connectivity index (χ3v) is 2.77. The van der Waals surface area contributed by atoms with Gasteiger partial charge in [0, 0.05) is 25.4 Å². The molecule has 1 aliphatic rings. The minimum absolute atomic E-state index is 0.316. The van der Waals surface area contributed by atoms with E-state index in [2.05, 4.69) is 21.2 Å².